The molecule has 3 nitrogen and oxygen atoms in total. The normalized spacial score (nSPS) is 10.2. The van der Waals surface area contributed by atoms with E-state index in [1.165, 1.54) is 11.1 Å². The van der Waals surface area contributed by atoms with Gasteiger partial charge in [-0.25, -0.2) is 0 Å². The minimum atomic E-state index is 0.0735. The van der Waals surface area contributed by atoms with Crippen molar-refractivity contribution in [1.29, 1.82) is 0 Å². The second-order valence-electron chi connectivity index (χ2n) is 4.53. The fourth-order valence-electron chi connectivity index (χ4n) is 1.89. The molecule has 0 saturated carbocycles. The molecule has 19 heavy (non-hydrogen) atoms. The molecule has 0 atom stereocenters. The highest BCUT2D eigenvalue weighted by molar-refractivity contribution is 5.90. The Morgan fingerprint density at radius 2 is 1.68 bits per heavy atom. The maximum atomic E-state index is 11.5. The number of nitrogens with zero attached hydrogens (tertiary/aromatic N) is 1. The van der Waals surface area contributed by atoms with Crippen molar-refractivity contribution in [1.82, 2.24) is 4.98 Å². The summed E-state index contributed by atoms with van der Waals surface area (Å²) in [6.07, 6.45) is 5.92. The zero-order valence-corrected chi connectivity index (χ0v) is 11.1. The molecule has 0 saturated heterocycles. The monoisotopic (exact) mass is 254 g/mol. The largest absolute Gasteiger partial charge is 0.326 e. The average molecular weight is 254 g/mol. The SMILES string of the molecule is CCCC(=O)Nc1ccc(Cc2ccncc2)cc1. The van der Waals surface area contributed by atoms with Crippen molar-refractivity contribution >= 4 is 11.6 Å². The number of nitrogens with one attached hydrogen (secondary N) is 1. The van der Waals surface area contributed by atoms with Gasteiger partial charge in [0, 0.05) is 24.5 Å². The summed E-state index contributed by atoms with van der Waals surface area (Å²) >= 11 is 0. The van der Waals surface area contributed by atoms with E-state index in [1.807, 2.05) is 43.3 Å². The molecule has 2 aromatic rings. The molecule has 0 bridgehead atoms. The van der Waals surface area contributed by atoms with Crippen LogP contribution in [0.1, 0.15) is 30.9 Å². The van der Waals surface area contributed by atoms with E-state index in [2.05, 4.69) is 10.3 Å². The quantitative estimate of drug-likeness (QED) is 0.888. The lowest BCUT2D eigenvalue weighted by Gasteiger charge is -2.06. The van der Waals surface area contributed by atoms with Crippen molar-refractivity contribution in [3.8, 4) is 0 Å². The first-order chi connectivity index (χ1) is 9.28. The van der Waals surface area contributed by atoms with Gasteiger partial charge in [-0.1, -0.05) is 19.1 Å². The molecule has 0 aliphatic rings. The highest BCUT2D eigenvalue weighted by atomic mass is 16.1. The number of rotatable bonds is 5. The van der Waals surface area contributed by atoms with E-state index in [9.17, 15) is 4.79 Å². The summed E-state index contributed by atoms with van der Waals surface area (Å²) < 4.78 is 0. The Kier molecular flexibility index (Phi) is 4.67. The third kappa shape index (κ3) is 4.21. The first-order valence-corrected chi connectivity index (χ1v) is 6.55. The molecule has 0 aliphatic heterocycles. The molecule has 1 heterocycles. The highest BCUT2D eigenvalue weighted by Crippen LogP contribution is 2.13. The lowest BCUT2D eigenvalue weighted by Crippen LogP contribution is -2.10. The standard InChI is InChI=1S/C16H18N2O/c1-2-3-16(19)18-15-6-4-13(5-7-15)12-14-8-10-17-11-9-14/h4-11H,2-3,12H2,1H3,(H,18,19). The Morgan fingerprint density at radius 3 is 2.32 bits per heavy atom. The minimum Gasteiger partial charge on any atom is -0.326 e. The highest BCUT2D eigenvalue weighted by Gasteiger charge is 2.01. The Labute approximate surface area is 113 Å². The maximum Gasteiger partial charge on any atom is 0.224 e. The van der Waals surface area contributed by atoms with Crippen LogP contribution < -0.4 is 5.32 Å². The molecule has 1 aromatic carbocycles. The summed E-state index contributed by atoms with van der Waals surface area (Å²) in [5.41, 5.74) is 3.31. The van der Waals surface area contributed by atoms with Gasteiger partial charge < -0.3 is 5.32 Å². The molecule has 2 rings (SSSR count). The third-order valence-electron chi connectivity index (χ3n) is 2.87. The smallest absolute Gasteiger partial charge is 0.224 e. The van der Waals surface area contributed by atoms with Gasteiger partial charge in [-0.2, -0.15) is 0 Å². The second-order valence-corrected chi connectivity index (χ2v) is 4.53. The number of pyridine rings is 1. The van der Waals surface area contributed by atoms with Crippen LogP contribution in [0.5, 0.6) is 0 Å². The van der Waals surface area contributed by atoms with Gasteiger partial charge in [-0.3, -0.25) is 9.78 Å². The van der Waals surface area contributed by atoms with Crippen LogP contribution >= 0.6 is 0 Å². The lowest BCUT2D eigenvalue weighted by molar-refractivity contribution is -0.116. The number of anilines is 1. The molecular formula is C16H18N2O. The van der Waals surface area contributed by atoms with Gasteiger partial charge in [0.2, 0.25) is 5.91 Å². The summed E-state index contributed by atoms with van der Waals surface area (Å²) in [7, 11) is 0. The van der Waals surface area contributed by atoms with E-state index in [1.54, 1.807) is 12.4 Å². The Morgan fingerprint density at radius 1 is 1.05 bits per heavy atom. The predicted molar refractivity (Wildman–Crippen MR) is 77.0 cm³/mol. The summed E-state index contributed by atoms with van der Waals surface area (Å²) in [6, 6.07) is 12.0. The van der Waals surface area contributed by atoms with Crippen molar-refractivity contribution in [2.24, 2.45) is 0 Å². The Hall–Kier alpha value is -2.16. The van der Waals surface area contributed by atoms with E-state index >= 15 is 0 Å². The molecule has 98 valence electrons. The minimum absolute atomic E-state index is 0.0735. The fourth-order valence-corrected chi connectivity index (χ4v) is 1.89. The summed E-state index contributed by atoms with van der Waals surface area (Å²) in [4.78, 5) is 15.5. The zero-order valence-electron chi connectivity index (χ0n) is 11.1. The predicted octanol–water partition coefficient (Wildman–Crippen LogP) is 3.41. The molecule has 0 radical (unpaired) electrons. The number of aromatic nitrogens is 1. The van der Waals surface area contributed by atoms with E-state index < -0.39 is 0 Å². The second kappa shape index (κ2) is 6.69. The summed E-state index contributed by atoms with van der Waals surface area (Å²) in [6.45, 7) is 2.00. The van der Waals surface area contributed by atoms with Crippen molar-refractivity contribution < 1.29 is 4.79 Å². The van der Waals surface area contributed by atoms with Crippen LogP contribution in [0.4, 0.5) is 5.69 Å². The van der Waals surface area contributed by atoms with Crippen LogP contribution in [0.25, 0.3) is 0 Å². The maximum absolute atomic E-state index is 11.5. The van der Waals surface area contributed by atoms with Gasteiger partial charge in [0.05, 0.1) is 0 Å². The van der Waals surface area contributed by atoms with E-state index in [0.29, 0.717) is 6.42 Å². The molecular weight excluding hydrogens is 236 g/mol. The van der Waals surface area contributed by atoms with Crippen LogP contribution in [0.3, 0.4) is 0 Å². The van der Waals surface area contributed by atoms with Crippen LogP contribution in [0.2, 0.25) is 0 Å². The summed E-state index contributed by atoms with van der Waals surface area (Å²) in [5, 5.41) is 2.88. The van der Waals surface area contributed by atoms with Crippen molar-refractivity contribution in [2.75, 3.05) is 5.32 Å². The third-order valence-corrected chi connectivity index (χ3v) is 2.87. The molecule has 0 aliphatic carbocycles. The van der Waals surface area contributed by atoms with Crippen LogP contribution in [0.15, 0.2) is 48.8 Å². The number of carbonyl (C=O) groups excluding carboxylic acids is 1. The first kappa shape index (κ1) is 13.3. The van der Waals surface area contributed by atoms with Crippen LogP contribution in [-0.4, -0.2) is 10.9 Å². The number of carbonyl (C=O) groups is 1. The summed E-state index contributed by atoms with van der Waals surface area (Å²) in [5.74, 6) is 0.0735. The number of hydrogen-bond acceptors (Lipinski definition) is 2. The van der Waals surface area contributed by atoms with Gasteiger partial charge in [0.25, 0.3) is 0 Å². The van der Waals surface area contributed by atoms with E-state index in [4.69, 9.17) is 0 Å². The first-order valence-electron chi connectivity index (χ1n) is 6.55. The lowest BCUT2D eigenvalue weighted by atomic mass is 10.1. The van der Waals surface area contributed by atoms with Crippen LogP contribution in [-0.2, 0) is 11.2 Å². The van der Waals surface area contributed by atoms with E-state index in [0.717, 1.165) is 18.5 Å². The van der Waals surface area contributed by atoms with E-state index in [-0.39, 0.29) is 5.91 Å². The van der Waals surface area contributed by atoms with Gasteiger partial charge >= 0.3 is 0 Å². The number of benzene rings is 1. The molecule has 0 unspecified atom stereocenters. The topological polar surface area (TPSA) is 42.0 Å². The van der Waals surface area contributed by atoms with Crippen LogP contribution in [0, 0.1) is 0 Å². The van der Waals surface area contributed by atoms with Gasteiger partial charge in [-0.15, -0.1) is 0 Å². The van der Waals surface area contributed by atoms with Gasteiger partial charge in [0.1, 0.15) is 0 Å². The number of hydrogen-bond donors (Lipinski definition) is 1. The molecule has 0 fully saturated rings. The van der Waals surface area contributed by atoms with Crippen molar-refractivity contribution in [3.63, 3.8) is 0 Å². The molecule has 3 heteroatoms. The Bertz CT molecular complexity index is 520. The van der Waals surface area contributed by atoms with Gasteiger partial charge in [0.15, 0.2) is 0 Å². The van der Waals surface area contributed by atoms with Gasteiger partial charge in [-0.05, 0) is 48.2 Å². The number of amides is 1. The Balaban J connectivity index is 1.97. The fraction of sp³-hybridized carbons (Fsp3) is 0.250. The molecule has 0 spiro atoms. The van der Waals surface area contributed by atoms with Crippen molar-refractivity contribution in [3.05, 3.63) is 59.9 Å². The zero-order chi connectivity index (χ0) is 13.5. The average Bonchev–Trinajstić information content (AvgIpc) is 2.42. The molecule has 1 N–H and O–H groups in total. The van der Waals surface area contributed by atoms with Crippen molar-refractivity contribution in [2.45, 2.75) is 26.2 Å². The molecule has 1 aromatic heterocycles. The molecule has 1 amide bonds.